The van der Waals surface area contributed by atoms with Crippen molar-refractivity contribution in [1.29, 1.82) is 0 Å². The van der Waals surface area contributed by atoms with Crippen molar-refractivity contribution in [3.63, 3.8) is 0 Å². The minimum Gasteiger partial charge on any atom is -0.256 e. The first-order valence-corrected chi connectivity index (χ1v) is 5.39. The van der Waals surface area contributed by atoms with Gasteiger partial charge in [0.05, 0.1) is 5.52 Å². The van der Waals surface area contributed by atoms with Crippen molar-refractivity contribution >= 4 is 10.9 Å². The molecule has 0 saturated heterocycles. The van der Waals surface area contributed by atoms with Crippen LogP contribution in [0.5, 0.6) is 0 Å². The summed E-state index contributed by atoms with van der Waals surface area (Å²) < 4.78 is 0. The topological polar surface area (TPSA) is 12.9 Å². The van der Waals surface area contributed by atoms with Crippen molar-refractivity contribution in [2.45, 2.75) is 27.2 Å². The number of fused-ring (bicyclic) bond motifs is 1. The van der Waals surface area contributed by atoms with Crippen molar-refractivity contribution in [1.82, 2.24) is 4.98 Å². The summed E-state index contributed by atoms with van der Waals surface area (Å²) in [6.45, 7) is 6.78. The molecule has 2 aromatic rings. The monoisotopic (exact) mass is 199 g/mol. The van der Waals surface area contributed by atoms with Crippen molar-refractivity contribution in [2.24, 2.45) is 5.41 Å². The van der Waals surface area contributed by atoms with Gasteiger partial charge in [-0.3, -0.25) is 4.98 Å². The van der Waals surface area contributed by atoms with Gasteiger partial charge in [0.15, 0.2) is 0 Å². The minimum absolute atomic E-state index is 0.311. The molecule has 0 N–H and O–H groups in total. The lowest BCUT2D eigenvalue weighted by atomic mass is 9.87. The molecule has 1 nitrogen and oxygen atoms in total. The Bertz CT molecular complexity index is 461. The lowest BCUT2D eigenvalue weighted by Gasteiger charge is -2.18. The van der Waals surface area contributed by atoms with Gasteiger partial charge in [-0.05, 0) is 23.5 Å². The highest BCUT2D eigenvalue weighted by atomic mass is 14.6. The second-order valence-corrected chi connectivity index (χ2v) is 5.23. The van der Waals surface area contributed by atoms with Gasteiger partial charge in [0.25, 0.3) is 0 Å². The number of aromatic nitrogens is 1. The molecule has 1 aromatic heterocycles. The molecule has 0 aliphatic rings. The predicted molar refractivity (Wildman–Crippen MR) is 64.9 cm³/mol. The van der Waals surface area contributed by atoms with Crippen LogP contribution in [0.25, 0.3) is 10.9 Å². The molecule has 0 amide bonds. The maximum Gasteiger partial charge on any atom is 0.0734 e. The maximum atomic E-state index is 4.47. The average molecular weight is 199 g/mol. The van der Waals surface area contributed by atoms with Gasteiger partial charge in [-0.1, -0.05) is 45.0 Å². The number of hydrogen-bond donors (Lipinski definition) is 0. The number of hydrogen-bond acceptors (Lipinski definition) is 1. The molecular formula is C14H17N. The van der Waals surface area contributed by atoms with Crippen molar-refractivity contribution in [3.8, 4) is 0 Å². The fourth-order valence-corrected chi connectivity index (χ4v) is 1.88. The number of benzene rings is 1. The SMILES string of the molecule is CC(C)(C)Cc1cccc2cccnc12. The minimum atomic E-state index is 0.311. The Morgan fingerprint density at radius 2 is 1.80 bits per heavy atom. The zero-order valence-electron chi connectivity index (χ0n) is 9.62. The fraction of sp³-hybridized carbons (Fsp3) is 0.357. The van der Waals surface area contributed by atoms with E-state index in [0.717, 1.165) is 11.9 Å². The molecule has 0 unspecified atom stereocenters. The molecule has 0 aliphatic heterocycles. The van der Waals surface area contributed by atoms with Crippen LogP contribution in [0.1, 0.15) is 26.3 Å². The van der Waals surface area contributed by atoms with E-state index in [1.165, 1.54) is 10.9 Å². The molecule has 1 heterocycles. The fourth-order valence-electron chi connectivity index (χ4n) is 1.88. The number of nitrogens with zero attached hydrogens (tertiary/aromatic N) is 1. The van der Waals surface area contributed by atoms with Gasteiger partial charge in [-0.15, -0.1) is 0 Å². The third-order valence-corrected chi connectivity index (χ3v) is 2.44. The van der Waals surface area contributed by atoms with Crippen LogP contribution in [-0.2, 0) is 6.42 Å². The van der Waals surface area contributed by atoms with E-state index in [1.54, 1.807) is 0 Å². The first kappa shape index (κ1) is 10.2. The van der Waals surface area contributed by atoms with Crippen LogP contribution in [0.2, 0.25) is 0 Å². The van der Waals surface area contributed by atoms with Crippen molar-refractivity contribution in [2.75, 3.05) is 0 Å². The summed E-state index contributed by atoms with van der Waals surface area (Å²) in [6.07, 6.45) is 2.94. The van der Waals surface area contributed by atoms with Crippen molar-refractivity contribution < 1.29 is 0 Å². The first-order chi connectivity index (χ1) is 7.06. The average Bonchev–Trinajstić information content (AvgIpc) is 2.16. The molecular weight excluding hydrogens is 182 g/mol. The maximum absolute atomic E-state index is 4.47. The van der Waals surface area contributed by atoms with Gasteiger partial charge in [0.1, 0.15) is 0 Å². The molecule has 0 aliphatic carbocycles. The van der Waals surface area contributed by atoms with Crippen LogP contribution in [0, 0.1) is 5.41 Å². The molecule has 78 valence electrons. The molecule has 1 heteroatoms. The van der Waals surface area contributed by atoms with Gasteiger partial charge < -0.3 is 0 Å². The Hall–Kier alpha value is -1.37. The Kier molecular flexibility index (Phi) is 2.47. The summed E-state index contributed by atoms with van der Waals surface area (Å²) in [6, 6.07) is 10.5. The Labute approximate surface area is 91.2 Å². The van der Waals surface area contributed by atoms with Crippen molar-refractivity contribution in [3.05, 3.63) is 42.1 Å². The first-order valence-electron chi connectivity index (χ1n) is 5.39. The molecule has 2 rings (SSSR count). The number of rotatable bonds is 1. The predicted octanol–water partition coefficient (Wildman–Crippen LogP) is 3.82. The Morgan fingerprint density at radius 3 is 2.53 bits per heavy atom. The summed E-state index contributed by atoms with van der Waals surface area (Å²) in [5.41, 5.74) is 2.81. The van der Waals surface area contributed by atoms with Crippen LogP contribution in [0.3, 0.4) is 0 Å². The molecule has 0 bridgehead atoms. The zero-order valence-corrected chi connectivity index (χ0v) is 9.62. The molecule has 0 radical (unpaired) electrons. The highest BCUT2D eigenvalue weighted by Crippen LogP contribution is 2.25. The summed E-state index contributed by atoms with van der Waals surface area (Å²) >= 11 is 0. The van der Waals surface area contributed by atoms with Gasteiger partial charge in [0.2, 0.25) is 0 Å². The highest BCUT2D eigenvalue weighted by Gasteiger charge is 2.13. The summed E-state index contributed by atoms with van der Waals surface area (Å²) in [5, 5.41) is 1.24. The molecule has 15 heavy (non-hydrogen) atoms. The van der Waals surface area contributed by atoms with Gasteiger partial charge >= 0.3 is 0 Å². The summed E-state index contributed by atoms with van der Waals surface area (Å²) in [7, 11) is 0. The number of para-hydroxylation sites is 1. The Morgan fingerprint density at radius 1 is 1.07 bits per heavy atom. The van der Waals surface area contributed by atoms with Gasteiger partial charge in [-0.25, -0.2) is 0 Å². The lowest BCUT2D eigenvalue weighted by molar-refractivity contribution is 0.412. The normalized spacial score (nSPS) is 11.9. The van der Waals surface area contributed by atoms with Crippen LogP contribution < -0.4 is 0 Å². The third kappa shape index (κ3) is 2.35. The number of pyridine rings is 1. The van der Waals surface area contributed by atoms with Crippen LogP contribution in [0.15, 0.2) is 36.5 Å². The standard InChI is InChI=1S/C14H17N/c1-14(2,3)10-12-7-4-6-11-8-5-9-15-13(11)12/h4-9H,10H2,1-3H3. The van der Waals surface area contributed by atoms with E-state index >= 15 is 0 Å². The molecule has 0 atom stereocenters. The van der Waals surface area contributed by atoms with Crippen LogP contribution in [-0.4, -0.2) is 4.98 Å². The van der Waals surface area contributed by atoms with Crippen LogP contribution in [0.4, 0.5) is 0 Å². The lowest BCUT2D eigenvalue weighted by Crippen LogP contribution is -2.09. The largest absolute Gasteiger partial charge is 0.256 e. The van der Waals surface area contributed by atoms with E-state index in [0.29, 0.717) is 5.41 Å². The Balaban J connectivity index is 2.52. The second kappa shape index (κ2) is 3.65. The molecule has 0 saturated carbocycles. The van der Waals surface area contributed by atoms with Gasteiger partial charge in [0, 0.05) is 11.6 Å². The van der Waals surface area contributed by atoms with E-state index in [1.807, 2.05) is 12.3 Å². The van der Waals surface area contributed by atoms with E-state index in [9.17, 15) is 0 Å². The third-order valence-electron chi connectivity index (χ3n) is 2.44. The quantitative estimate of drug-likeness (QED) is 0.680. The van der Waals surface area contributed by atoms with E-state index in [2.05, 4.69) is 50.0 Å². The van der Waals surface area contributed by atoms with Gasteiger partial charge in [-0.2, -0.15) is 0 Å². The summed E-state index contributed by atoms with van der Waals surface area (Å²) in [4.78, 5) is 4.47. The molecule has 0 fully saturated rings. The zero-order chi connectivity index (χ0) is 10.9. The van der Waals surface area contributed by atoms with E-state index < -0.39 is 0 Å². The smallest absolute Gasteiger partial charge is 0.0734 e. The van der Waals surface area contributed by atoms with E-state index in [4.69, 9.17) is 0 Å². The molecule has 1 aromatic carbocycles. The summed E-state index contributed by atoms with van der Waals surface area (Å²) in [5.74, 6) is 0. The molecule has 0 spiro atoms. The van der Waals surface area contributed by atoms with E-state index in [-0.39, 0.29) is 0 Å². The highest BCUT2D eigenvalue weighted by molar-refractivity contribution is 5.81. The second-order valence-electron chi connectivity index (χ2n) is 5.23. The van der Waals surface area contributed by atoms with Crippen LogP contribution >= 0.6 is 0 Å².